The molecular weight excluding hydrogens is 381 g/mol. The van der Waals surface area contributed by atoms with Crippen molar-refractivity contribution in [3.05, 3.63) is 89.3 Å². The number of sulfone groups is 1. The van der Waals surface area contributed by atoms with Gasteiger partial charge in [-0.05, 0) is 35.4 Å². The fraction of sp³-hybridized carbons (Fsp3) is 0.200. The number of hydrogen-bond acceptors (Lipinski definition) is 4. The summed E-state index contributed by atoms with van der Waals surface area (Å²) in [5.74, 6) is -0.430. The summed E-state index contributed by atoms with van der Waals surface area (Å²) in [6.07, 6.45) is 4.47. The lowest BCUT2D eigenvalue weighted by Gasteiger charge is -2.19. The highest BCUT2D eigenvalue weighted by molar-refractivity contribution is 7.89. The molecule has 1 amide bonds. The smallest absolute Gasteiger partial charge is 0.252 e. The van der Waals surface area contributed by atoms with Gasteiger partial charge in [-0.1, -0.05) is 24.3 Å². The minimum Gasteiger partial charge on any atom is -0.338 e. The van der Waals surface area contributed by atoms with Crippen LogP contribution in [0.3, 0.4) is 0 Å². The Morgan fingerprint density at radius 1 is 1.21 bits per heavy atom. The molecule has 0 radical (unpaired) electrons. The highest BCUT2D eigenvalue weighted by Gasteiger charge is 2.22. The molecule has 0 saturated carbocycles. The summed E-state index contributed by atoms with van der Waals surface area (Å²) in [5, 5.41) is 2.87. The molecule has 0 unspecified atom stereocenters. The van der Waals surface area contributed by atoms with Crippen LogP contribution >= 0.6 is 0 Å². The van der Waals surface area contributed by atoms with Gasteiger partial charge in [-0.3, -0.25) is 4.79 Å². The van der Waals surface area contributed by atoms with Crippen LogP contribution in [0.4, 0.5) is 4.39 Å². The maximum Gasteiger partial charge on any atom is 0.252 e. The van der Waals surface area contributed by atoms with E-state index in [1.807, 2.05) is 0 Å². The van der Waals surface area contributed by atoms with Crippen LogP contribution in [0.15, 0.2) is 60.9 Å². The van der Waals surface area contributed by atoms with Gasteiger partial charge in [-0.25, -0.2) is 17.8 Å². The minimum absolute atomic E-state index is 0.152. The van der Waals surface area contributed by atoms with E-state index in [0.29, 0.717) is 22.5 Å². The zero-order valence-corrected chi connectivity index (χ0v) is 16.3. The Hall–Kier alpha value is -3.00. The molecule has 3 rings (SSSR count). The van der Waals surface area contributed by atoms with Gasteiger partial charge in [0.05, 0.1) is 5.75 Å². The van der Waals surface area contributed by atoms with Crippen LogP contribution in [0.5, 0.6) is 0 Å². The van der Waals surface area contributed by atoms with E-state index < -0.39 is 27.6 Å². The number of aromatic nitrogens is 2. The quantitative estimate of drug-likeness (QED) is 0.689. The third-order valence-electron chi connectivity index (χ3n) is 4.19. The molecule has 1 heterocycles. The second-order valence-electron chi connectivity index (χ2n) is 6.63. The fourth-order valence-corrected chi connectivity index (χ4v) is 3.74. The van der Waals surface area contributed by atoms with Crippen molar-refractivity contribution in [1.82, 2.24) is 14.9 Å². The van der Waals surface area contributed by atoms with Gasteiger partial charge < -0.3 is 9.88 Å². The van der Waals surface area contributed by atoms with Crippen molar-refractivity contribution in [3.63, 3.8) is 0 Å². The topological polar surface area (TPSA) is 81.1 Å². The molecule has 1 atom stereocenters. The number of nitrogens with one attached hydrogen (secondary N) is 1. The van der Waals surface area contributed by atoms with E-state index in [4.69, 9.17) is 0 Å². The van der Waals surface area contributed by atoms with Crippen molar-refractivity contribution in [3.8, 4) is 0 Å². The molecule has 0 bridgehead atoms. The molecule has 28 heavy (non-hydrogen) atoms. The van der Waals surface area contributed by atoms with Gasteiger partial charge in [0.2, 0.25) is 0 Å². The Bertz CT molecular complexity index is 1110. The maximum atomic E-state index is 13.7. The summed E-state index contributed by atoms with van der Waals surface area (Å²) < 4.78 is 38.5. The highest BCUT2D eigenvalue weighted by atomic mass is 32.2. The molecule has 1 N–H and O–H groups in total. The molecule has 0 aliphatic rings. The molecule has 8 heteroatoms. The standard InChI is InChI=1S/C20H20FN3O3S/c1-24-10-9-22-19(24)18(15-6-4-8-17(21)12-15)23-20(25)16-7-3-5-14(11-16)13-28(2,26)27/h3-12,18H,13H2,1-2H3,(H,23,25)/t18-/m1/s1. The number of rotatable bonds is 6. The number of aryl methyl sites for hydroxylation is 1. The SMILES string of the molecule is Cn1ccnc1[C@H](NC(=O)c1cccc(CS(C)(=O)=O)c1)c1cccc(F)c1. The zero-order chi connectivity index (χ0) is 20.3. The van der Waals surface area contributed by atoms with Gasteiger partial charge in [0.15, 0.2) is 9.84 Å². The van der Waals surface area contributed by atoms with E-state index in [1.165, 1.54) is 18.2 Å². The average molecular weight is 401 g/mol. The minimum atomic E-state index is -3.22. The molecule has 0 aliphatic carbocycles. The lowest BCUT2D eigenvalue weighted by Crippen LogP contribution is -2.31. The molecule has 1 aromatic heterocycles. The third-order valence-corrected chi connectivity index (χ3v) is 5.05. The Morgan fingerprint density at radius 3 is 2.61 bits per heavy atom. The first-order valence-electron chi connectivity index (χ1n) is 8.53. The normalized spacial score (nSPS) is 12.5. The summed E-state index contributed by atoms with van der Waals surface area (Å²) in [7, 11) is -1.43. The van der Waals surface area contributed by atoms with E-state index >= 15 is 0 Å². The van der Waals surface area contributed by atoms with Crippen LogP contribution in [0.2, 0.25) is 0 Å². The maximum absolute atomic E-state index is 13.7. The lowest BCUT2D eigenvalue weighted by molar-refractivity contribution is 0.0941. The largest absolute Gasteiger partial charge is 0.338 e. The molecule has 2 aromatic carbocycles. The average Bonchev–Trinajstić information content (AvgIpc) is 3.04. The van der Waals surface area contributed by atoms with Crippen molar-refractivity contribution < 1.29 is 17.6 Å². The van der Waals surface area contributed by atoms with Gasteiger partial charge in [-0.2, -0.15) is 0 Å². The van der Waals surface area contributed by atoms with E-state index in [9.17, 15) is 17.6 Å². The molecule has 0 saturated heterocycles. The predicted molar refractivity (Wildman–Crippen MR) is 104 cm³/mol. The van der Waals surface area contributed by atoms with Gasteiger partial charge in [0.25, 0.3) is 5.91 Å². The Morgan fingerprint density at radius 2 is 1.96 bits per heavy atom. The molecule has 0 aliphatic heterocycles. The summed E-state index contributed by atoms with van der Waals surface area (Å²) in [6.45, 7) is 0. The first-order valence-corrected chi connectivity index (χ1v) is 10.6. The van der Waals surface area contributed by atoms with Crippen molar-refractivity contribution >= 4 is 15.7 Å². The zero-order valence-electron chi connectivity index (χ0n) is 15.5. The van der Waals surface area contributed by atoms with Crippen LogP contribution in [-0.2, 0) is 22.6 Å². The van der Waals surface area contributed by atoms with Crippen molar-refractivity contribution in [1.29, 1.82) is 0 Å². The molecule has 0 spiro atoms. The predicted octanol–water partition coefficient (Wildman–Crippen LogP) is 2.62. The molecule has 146 valence electrons. The first kappa shape index (κ1) is 19.8. The second-order valence-corrected chi connectivity index (χ2v) is 8.77. The Balaban J connectivity index is 1.92. The van der Waals surface area contributed by atoms with Crippen LogP contribution < -0.4 is 5.32 Å². The van der Waals surface area contributed by atoms with Crippen LogP contribution in [-0.4, -0.2) is 30.1 Å². The lowest BCUT2D eigenvalue weighted by atomic mass is 10.0. The Kier molecular flexibility index (Phi) is 5.60. The van der Waals surface area contributed by atoms with Crippen LogP contribution in [0.25, 0.3) is 0 Å². The number of hydrogen-bond donors (Lipinski definition) is 1. The third kappa shape index (κ3) is 4.83. The van der Waals surface area contributed by atoms with E-state index in [2.05, 4.69) is 10.3 Å². The number of halogens is 1. The number of amides is 1. The fourth-order valence-electron chi connectivity index (χ4n) is 2.96. The molecule has 0 fully saturated rings. The van der Waals surface area contributed by atoms with E-state index in [0.717, 1.165) is 6.26 Å². The van der Waals surface area contributed by atoms with Gasteiger partial charge in [-0.15, -0.1) is 0 Å². The van der Waals surface area contributed by atoms with Crippen molar-refractivity contribution in [2.75, 3.05) is 6.26 Å². The van der Waals surface area contributed by atoms with Crippen LogP contribution in [0.1, 0.15) is 33.4 Å². The molecule has 3 aromatic rings. The van der Waals surface area contributed by atoms with Gasteiger partial charge >= 0.3 is 0 Å². The summed E-state index contributed by atoms with van der Waals surface area (Å²) in [5.41, 5.74) is 1.39. The van der Waals surface area contributed by atoms with E-state index in [-0.39, 0.29) is 5.75 Å². The number of imidazole rings is 1. The van der Waals surface area contributed by atoms with Gasteiger partial charge in [0.1, 0.15) is 17.7 Å². The monoisotopic (exact) mass is 401 g/mol. The van der Waals surface area contributed by atoms with Crippen LogP contribution in [0, 0.1) is 5.82 Å². The molecular formula is C20H20FN3O3S. The van der Waals surface area contributed by atoms with Crippen molar-refractivity contribution in [2.24, 2.45) is 7.05 Å². The van der Waals surface area contributed by atoms with E-state index in [1.54, 1.807) is 54.3 Å². The number of nitrogens with zero attached hydrogens (tertiary/aromatic N) is 2. The first-order chi connectivity index (χ1) is 13.2. The van der Waals surface area contributed by atoms with Gasteiger partial charge in [0, 0.05) is 31.3 Å². The number of benzene rings is 2. The second kappa shape index (κ2) is 7.93. The summed E-state index contributed by atoms with van der Waals surface area (Å²) >= 11 is 0. The Labute approximate surface area is 163 Å². The highest BCUT2D eigenvalue weighted by Crippen LogP contribution is 2.22. The number of carbonyl (C=O) groups excluding carboxylic acids is 1. The summed E-state index contributed by atoms with van der Waals surface area (Å²) in [6, 6.07) is 11.7. The van der Waals surface area contributed by atoms with Crippen molar-refractivity contribution in [2.45, 2.75) is 11.8 Å². The number of carbonyl (C=O) groups is 1. The molecule has 6 nitrogen and oxygen atoms in total. The summed E-state index contributed by atoms with van der Waals surface area (Å²) in [4.78, 5) is 17.1.